The molecule has 0 unspecified atom stereocenters. The van der Waals surface area contributed by atoms with E-state index in [0.717, 1.165) is 99.8 Å². The van der Waals surface area contributed by atoms with Gasteiger partial charge in [0, 0.05) is 38.0 Å². The molecule has 1 aromatic carbocycles. The summed E-state index contributed by atoms with van der Waals surface area (Å²) in [6.07, 6.45) is 41.6. The van der Waals surface area contributed by atoms with E-state index < -0.39 is 13.6 Å². The summed E-state index contributed by atoms with van der Waals surface area (Å²) in [5.41, 5.74) is 14.4. The van der Waals surface area contributed by atoms with E-state index in [0.29, 0.717) is 89.7 Å². The van der Waals surface area contributed by atoms with Gasteiger partial charge in [0.15, 0.2) is 5.82 Å². The van der Waals surface area contributed by atoms with Gasteiger partial charge < -0.3 is 56.4 Å². The van der Waals surface area contributed by atoms with Crippen molar-refractivity contribution in [3.63, 3.8) is 0 Å². The number of anilines is 1. The number of ether oxygens (including phenoxy) is 1. The molecule has 83 heavy (non-hydrogen) atoms. The van der Waals surface area contributed by atoms with Crippen molar-refractivity contribution >= 4 is 47.2 Å². The molecular weight excluding hydrogens is 1060 g/mol. The maximum Gasteiger partial charge on any atom is 0.330 e. The lowest BCUT2D eigenvalue weighted by Gasteiger charge is -2.21. The lowest BCUT2D eigenvalue weighted by Crippen LogP contribution is -2.45. The summed E-state index contributed by atoms with van der Waals surface area (Å²) in [6.45, 7) is 14.6. The van der Waals surface area contributed by atoms with Crippen molar-refractivity contribution in [3.8, 4) is 0 Å². The van der Waals surface area contributed by atoms with Crippen LogP contribution in [0.5, 0.6) is 0 Å². The zero-order chi connectivity index (χ0) is 59.5. The molecule has 0 saturated heterocycles. The van der Waals surface area contributed by atoms with Gasteiger partial charge in [-0.3, -0.25) is 14.2 Å². The SMILES string of the molecule is CCCCCCCCCCCCCCCCOP(=O)(CCCN[C@@H](CCC(=O)NCCCNCCCCNCCCN)C(=O)NCCCn1c(COCC)nc2c(N)nc3ccccc3c21)OCCCCCCCCCCCCCCCC. The second-order valence-electron chi connectivity index (χ2n) is 23.3. The average molecular weight is 1180 g/mol. The molecular formula is C66H123N10O6P. The number of aromatic nitrogens is 3. The van der Waals surface area contributed by atoms with Crippen LogP contribution in [0, 0.1) is 0 Å². The smallest absolute Gasteiger partial charge is 0.330 e. The van der Waals surface area contributed by atoms with Gasteiger partial charge >= 0.3 is 7.60 Å². The molecule has 0 radical (unpaired) electrons. The van der Waals surface area contributed by atoms with Crippen LogP contribution in [0.4, 0.5) is 5.82 Å². The van der Waals surface area contributed by atoms with Crippen molar-refractivity contribution in [3.05, 3.63) is 30.1 Å². The Morgan fingerprint density at radius 1 is 0.578 bits per heavy atom. The van der Waals surface area contributed by atoms with Gasteiger partial charge in [0.1, 0.15) is 17.9 Å². The highest BCUT2D eigenvalue weighted by Gasteiger charge is 2.26. The van der Waals surface area contributed by atoms with Gasteiger partial charge in [-0.2, -0.15) is 0 Å². The summed E-state index contributed by atoms with van der Waals surface area (Å²) in [5.74, 6) is 0.871. The quantitative estimate of drug-likeness (QED) is 0.0207. The predicted octanol–water partition coefficient (Wildman–Crippen LogP) is 14.3. The fourth-order valence-electron chi connectivity index (χ4n) is 10.8. The van der Waals surface area contributed by atoms with Crippen LogP contribution in [0.15, 0.2) is 24.3 Å². The Hall–Kier alpha value is -3.21. The molecule has 3 rings (SSSR count). The molecule has 0 spiro atoms. The maximum absolute atomic E-state index is 14.4. The lowest BCUT2D eigenvalue weighted by atomic mass is 10.0. The van der Waals surface area contributed by atoms with Crippen molar-refractivity contribution in [2.75, 3.05) is 84.1 Å². The highest BCUT2D eigenvalue weighted by atomic mass is 31.2. The number of carbonyl (C=O) groups excluding carboxylic acids is 2. The molecule has 0 bridgehead atoms. The van der Waals surface area contributed by atoms with Crippen molar-refractivity contribution < 1.29 is 27.9 Å². The zero-order valence-electron chi connectivity index (χ0n) is 53.1. The topological polar surface area (TPSA) is 222 Å². The summed E-state index contributed by atoms with van der Waals surface area (Å²) >= 11 is 0. The van der Waals surface area contributed by atoms with Crippen molar-refractivity contribution in [2.45, 2.75) is 271 Å². The predicted molar refractivity (Wildman–Crippen MR) is 349 cm³/mol. The first-order valence-electron chi connectivity index (χ1n) is 34.1. The molecule has 16 nitrogen and oxygen atoms in total. The minimum atomic E-state index is -3.38. The average Bonchev–Trinajstić information content (AvgIpc) is 3.44. The summed E-state index contributed by atoms with van der Waals surface area (Å²) < 4.78 is 34.8. The first-order chi connectivity index (χ1) is 40.8. The van der Waals surface area contributed by atoms with Crippen LogP contribution in [0.25, 0.3) is 21.9 Å². The number of benzene rings is 1. The number of hydrogen-bond donors (Lipinski definition) is 7. The number of nitrogens with one attached hydrogen (secondary N) is 5. The van der Waals surface area contributed by atoms with Crippen molar-refractivity contribution in [1.29, 1.82) is 0 Å². The van der Waals surface area contributed by atoms with Gasteiger partial charge in [-0.1, -0.05) is 199 Å². The monoisotopic (exact) mass is 1180 g/mol. The van der Waals surface area contributed by atoms with Gasteiger partial charge in [0.05, 0.1) is 36.5 Å². The van der Waals surface area contributed by atoms with Gasteiger partial charge in [-0.25, -0.2) is 9.97 Å². The molecule has 3 aromatic rings. The van der Waals surface area contributed by atoms with Crippen molar-refractivity contribution in [1.82, 2.24) is 41.1 Å². The number of nitrogen functional groups attached to an aromatic ring is 1. The van der Waals surface area contributed by atoms with Crippen LogP contribution in [0.1, 0.15) is 258 Å². The summed E-state index contributed by atoms with van der Waals surface area (Å²) in [7, 11) is -3.38. The Labute approximate surface area is 505 Å². The number of imidazole rings is 1. The Balaban J connectivity index is 1.55. The van der Waals surface area contributed by atoms with Crippen molar-refractivity contribution in [2.24, 2.45) is 5.73 Å². The molecule has 0 fully saturated rings. The van der Waals surface area contributed by atoms with Crippen LogP contribution in [0.2, 0.25) is 0 Å². The highest BCUT2D eigenvalue weighted by Crippen LogP contribution is 2.49. The normalized spacial score (nSPS) is 12.3. The number of hydrogen-bond acceptors (Lipinski definition) is 13. The standard InChI is InChI=1S/C66H123N10O6P/c1-4-7-9-11-13-15-17-19-21-23-25-27-29-35-54-81-83(79,82-55-36-30-28-26-24-22-20-18-16-14-12-10-8-5-2)56-40-52-71-60(43-44-62(77)72-50-38-49-70-47-34-33-46-69-48-37-45-67)66(78)73-51-39-53-76-61(57-80-6-3)75-63-64(76)58-41-31-32-42-59(58)74-65(63)68/h31-32,41-42,60,69-71H,4-30,33-40,43-57,67H2,1-3H3,(H2,68,74)(H,72,77)(H,73,78)/t60-/m0/s1. The fraction of sp³-hybridized carbons (Fsp3) is 0.818. The molecule has 9 N–H and O–H groups in total. The third kappa shape index (κ3) is 35.9. The Morgan fingerprint density at radius 2 is 1.08 bits per heavy atom. The number of nitrogens with two attached hydrogens (primary N) is 2. The summed E-state index contributed by atoms with van der Waals surface area (Å²) in [6, 6.07) is 7.29. The van der Waals surface area contributed by atoms with E-state index in [1.807, 2.05) is 31.2 Å². The molecule has 2 heterocycles. The second-order valence-corrected chi connectivity index (χ2v) is 25.5. The minimum Gasteiger partial charge on any atom is -0.382 e. The lowest BCUT2D eigenvalue weighted by molar-refractivity contribution is -0.124. The van der Waals surface area contributed by atoms with Gasteiger partial charge in [-0.15, -0.1) is 0 Å². The molecule has 0 aliphatic carbocycles. The number of rotatable bonds is 60. The number of carbonyl (C=O) groups is 2. The molecule has 0 aliphatic heterocycles. The highest BCUT2D eigenvalue weighted by molar-refractivity contribution is 7.53. The molecule has 2 amide bonds. The number of pyridine rings is 1. The Kier molecular flexibility index (Phi) is 45.4. The number of unbranched alkanes of at least 4 members (excludes halogenated alkanes) is 27. The van der Waals surface area contributed by atoms with E-state index in [1.165, 1.54) is 154 Å². The van der Waals surface area contributed by atoms with Crippen LogP contribution in [-0.2, 0) is 41.1 Å². The van der Waals surface area contributed by atoms with E-state index in [9.17, 15) is 14.2 Å². The molecule has 2 aromatic heterocycles. The van der Waals surface area contributed by atoms with E-state index in [4.69, 9.17) is 30.2 Å². The van der Waals surface area contributed by atoms with Crippen LogP contribution in [0.3, 0.4) is 0 Å². The number of nitrogens with zero attached hydrogens (tertiary/aromatic N) is 3. The van der Waals surface area contributed by atoms with E-state index >= 15 is 0 Å². The molecule has 1 atom stereocenters. The molecule has 17 heteroatoms. The maximum atomic E-state index is 14.4. The number of para-hydroxylation sites is 1. The van der Waals surface area contributed by atoms with Crippen LogP contribution in [-0.4, -0.2) is 111 Å². The Bertz CT molecular complexity index is 2060. The first-order valence-corrected chi connectivity index (χ1v) is 35.9. The third-order valence-corrected chi connectivity index (χ3v) is 17.9. The van der Waals surface area contributed by atoms with E-state index in [-0.39, 0.29) is 24.4 Å². The van der Waals surface area contributed by atoms with E-state index in [2.05, 4.69) is 50.0 Å². The second kappa shape index (κ2) is 50.9. The van der Waals surface area contributed by atoms with Gasteiger partial charge in [0.2, 0.25) is 11.8 Å². The first kappa shape index (κ1) is 74.0. The van der Waals surface area contributed by atoms with Crippen LogP contribution >= 0.6 is 7.60 Å². The Morgan fingerprint density at radius 3 is 1.63 bits per heavy atom. The summed E-state index contributed by atoms with van der Waals surface area (Å²) in [4.78, 5) is 36.7. The number of fused-ring (bicyclic) bond motifs is 3. The summed E-state index contributed by atoms with van der Waals surface area (Å²) in [5, 5.41) is 17.5. The number of aryl methyl sites for hydroxylation is 1. The molecule has 478 valence electrons. The largest absolute Gasteiger partial charge is 0.382 e. The fourth-order valence-corrected chi connectivity index (χ4v) is 12.5. The third-order valence-electron chi connectivity index (χ3n) is 15.9. The van der Waals surface area contributed by atoms with Gasteiger partial charge in [0.25, 0.3) is 0 Å². The zero-order valence-corrected chi connectivity index (χ0v) is 54.0. The molecule has 0 aliphatic rings. The van der Waals surface area contributed by atoms with E-state index in [1.54, 1.807) is 0 Å². The van der Waals surface area contributed by atoms with Crippen LogP contribution < -0.4 is 38.1 Å². The van der Waals surface area contributed by atoms with Gasteiger partial charge in [-0.05, 0) is 110 Å². The minimum absolute atomic E-state index is 0.0822. The number of amides is 2. The molecule has 0 saturated carbocycles.